The Morgan fingerprint density at radius 2 is 1.71 bits per heavy atom. The van der Waals surface area contributed by atoms with Crippen molar-refractivity contribution in [1.29, 1.82) is 0 Å². The van der Waals surface area contributed by atoms with E-state index in [-0.39, 0.29) is 19.2 Å². The molecule has 0 saturated heterocycles. The molecule has 86 valence electrons. The number of rotatable bonds is 3. The summed E-state index contributed by atoms with van der Waals surface area (Å²) >= 11 is 0. The van der Waals surface area contributed by atoms with Gasteiger partial charge in [0.15, 0.2) is 0 Å². The van der Waals surface area contributed by atoms with Crippen LogP contribution < -0.4 is 10.8 Å². The topological polar surface area (TPSA) is 78.4 Å². The van der Waals surface area contributed by atoms with E-state index in [1.54, 1.807) is 14.0 Å². The van der Waals surface area contributed by atoms with Crippen molar-refractivity contribution in [3.05, 3.63) is 0 Å². The first-order valence-corrected chi connectivity index (χ1v) is 4.25. The number of carbonyl (C=O) groups is 2. The number of nitrogens with one attached hydrogen (secondary N) is 2. The van der Waals surface area contributed by atoms with Crippen molar-refractivity contribution in [2.45, 2.75) is 40.5 Å². The van der Waals surface area contributed by atoms with E-state index < -0.39 is 0 Å². The van der Waals surface area contributed by atoms with Gasteiger partial charge in [-0.25, -0.2) is 5.48 Å². The van der Waals surface area contributed by atoms with Gasteiger partial charge in [0.25, 0.3) is 0 Å². The molecule has 0 spiro atoms. The molecule has 2 amide bonds. The van der Waals surface area contributed by atoms with Crippen molar-refractivity contribution in [3.8, 4) is 0 Å². The van der Waals surface area contributed by atoms with E-state index >= 15 is 0 Å². The van der Waals surface area contributed by atoms with Crippen LogP contribution in [0.15, 0.2) is 0 Å². The van der Waals surface area contributed by atoms with E-state index in [0.29, 0.717) is 12.8 Å². The fourth-order valence-corrected chi connectivity index (χ4v) is 0.431. The summed E-state index contributed by atoms with van der Waals surface area (Å²) < 4.78 is 0. The molecule has 0 aromatic heterocycles. The molecule has 0 saturated carbocycles. The first kappa shape index (κ1) is 18.6. The predicted octanol–water partition coefficient (Wildman–Crippen LogP) is 1.07. The summed E-state index contributed by atoms with van der Waals surface area (Å²) in [5, 5.41) is 10.3. The van der Waals surface area contributed by atoms with E-state index in [0.717, 1.165) is 6.42 Å². The fraction of sp³-hybridized carbons (Fsp3) is 0.778. The van der Waals surface area contributed by atoms with E-state index in [4.69, 9.17) is 5.21 Å². The average molecular weight is 206 g/mol. The molecule has 0 rings (SSSR count). The molecular formula is C9H22N2O3. The number of carbonyl (C=O) groups excluding carboxylic acids is 2. The van der Waals surface area contributed by atoms with Gasteiger partial charge in [0, 0.05) is 19.9 Å². The maximum atomic E-state index is 10.3. The zero-order valence-electron chi connectivity index (χ0n) is 8.39. The minimum Gasteiger partial charge on any atom is -0.359 e. The number of hydrogen-bond acceptors (Lipinski definition) is 3. The lowest BCUT2D eigenvalue weighted by Gasteiger charge is -1.91. The van der Waals surface area contributed by atoms with Crippen LogP contribution in [0.4, 0.5) is 0 Å². The Morgan fingerprint density at radius 1 is 1.21 bits per heavy atom. The smallest absolute Gasteiger partial charge is 0.243 e. The fourth-order valence-electron chi connectivity index (χ4n) is 0.431. The molecule has 14 heavy (non-hydrogen) atoms. The molecule has 0 aromatic rings. The van der Waals surface area contributed by atoms with Gasteiger partial charge in [0.1, 0.15) is 0 Å². The second kappa shape index (κ2) is 14.4. The number of amides is 2. The Balaban J connectivity index is -0.000000163. The van der Waals surface area contributed by atoms with Gasteiger partial charge in [0.2, 0.25) is 11.8 Å². The van der Waals surface area contributed by atoms with Gasteiger partial charge in [-0.3, -0.25) is 14.8 Å². The highest BCUT2D eigenvalue weighted by atomic mass is 16.5. The van der Waals surface area contributed by atoms with Gasteiger partial charge in [-0.2, -0.15) is 0 Å². The lowest BCUT2D eigenvalue weighted by Crippen LogP contribution is -2.16. The molecule has 3 N–H and O–H groups in total. The highest BCUT2D eigenvalue weighted by molar-refractivity contribution is 5.75. The SMILES string of the molecule is C.CCC(=O)NO.CCCC(=O)NC. The second-order valence-electron chi connectivity index (χ2n) is 2.31. The summed E-state index contributed by atoms with van der Waals surface area (Å²) in [6.07, 6.45) is 1.91. The number of hydroxylamine groups is 1. The number of hydrogen-bond donors (Lipinski definition) is 3. The van der Waals surface area contributed by atoms with Gasteiger partial charge in [-0.15, -0.1) is 0 Å². The Labute approximate surface area is 85.8 Å². The standard InChI is InChI=1S/C5H11NO.C3H7NO2.CH4/c1-3-4-5(7)6-2;1-2-3(5)4-6;/h3-4H2,1-2H3,(H,6,7);6H,2H2,1H3,(H,4,5);1H4. The van der Waals surface area contributed by atoms with Crippen LogP contribution in [0.3, 0.4) is 0 Å². The molecule has 0 fully saturated rings. The quantitative estimate of drug-likeness (QED) is 0.477. The van der Waals surface area contributed by atoms with Gasteiger partial charge < -0.3 is 5.32 Å². The summed E-state index contributed by atoms with van der Waals surface area (Å²) in [6, 6.07) is 0. The Kier molecular flexibility index (Phi) is 19.2. The summed E-state index contributed by atoms with van der Waals surface area (Å²) in [4.78, 5) is 20.1. The van der Waals surface area contributed by atoms with Crippen molar-refractivity contribution in [2.24, 2.45) is 0 Å². The lowest BCUT2D eigenvalue weighted by atomic mass is 10.3. The van der Waals surface area contributed by atoms with Crippen LogP contribution in [0, 0.1) is 0 Å². The third-order valence-electron chi connectivity index (χ3n) is 1.20. The highest BCUT2D eigenvalue weighted by Crippen LogP contribution is 1.82. The summed E-state index contributed by atoms with van der Waals surface area (Å²) in [5.74, 6) is -0.225. The van der Waals surface area contributed by atoms with Gasteiger partial charge in [0.05, 0.1) is 0 Å². The third-order valence-corrected chi connectivity index (χ3v) is 1.20. The second-order valence-corrected chi connectivity index (χ2v) is 2.31. The van der Waals surface area contributed by atoms with E-state index in [1.807, 2.05) is 6.92 Å². The largest absolute Gasteiger partial charge is 0.359 e. The van der Waals surface area contributed by atoms with Gasteiger partial charge in [-0.05, 0) is 6.42 Å². The first-order valence-electron chi connectivity index (χ1n) is 4.25. The van der Waals surface area contributed by atoms with Crippen LogP contribution in [0.25, 0.3) is 0 Å². The first-order chi connectivity index (χ1) is 6.12. The van der Waals surface area contributed by atoms with Crippen LogP contribution in [0.2, 0.25) is 0 Å². The maximum Gasteiger partial charge on any atom is 0.243 e. The summed E-state index contributed by atoms with van der Waals surface area (Å²) in [6.45, 7) is 3.64. The van der Waals surface area contributed by atoms with Crippen molar-refractivity contribution in [3.63, 3.8) is 0 Å². The zero-order chi connectivity index (χ0) is 10.7. The van der Waals surface area contributed by atoms with E-state index in [9.17, 15) is 9.59 Å². The molecule has 5 heteroatoms. The molecular weight excluding hydrogens is 184 g/mol. The Morgan fingerprint density at radius 3 is 1.79 bits per heavy atom. The molecule has 0 bridgehead atoms. The predicted molar refractivity (Wildman–Crippen MR) is 55.9 cm³/mol. The molecule has 0 aliphatic heterocycles. The molecule has 0 radical (unpaired) electrons. The molecule has 0 aliphatic rings. The normalized spacial score (nSPS) is 7.43. The van der Waals surface area contributed by atoms with Crippen molar-refractivity contribution in [2.75, 3.05) is 7.05 Å². The van der Waals surface area contributed by atoms with Gasteiger partial charge >= 0.3 is 0 Å². The average Bonchev–Trinajstić information content (AvgIpc) is 2.18. The van der Waals surface area contributed by atoms with E-state index in [1.165, 1.54) is 5.48 Å². The maximum absolute atomic E-state index is 10.3. The highest BCUT2D eigenvalue weighted by Gasteiger charge is 1.89. The van der Waals surface area contributed by atoms with Crippen LogP contribution >= 0.6 is 0 Å². The van der Waals surface area contributed by atoms with Crippen molar-refractivity contribution >= 4 is 11.8 Å². The van der Waals surface area contributed by atoms with E-state index in [2.05, 4.69) is 5.32 Å². The summed E-state index contributed by atoms with van der Waals surface area (Å²) in [5.41, 5.74) is 1.48. The molecule has 0 aromatic carbocycles. The Bertz CT molecular complexity index is 143. The Hall–Kier alpha value is -1.10. The molecule has 0 unspecified atom stereocenters. The van der Waals surface area contributed by atoms with Crippen LogP contribution in [-0.4, -0.2) is 24.1 Å². The van der Waals surface area contributed by atoms with Crippen LogP contribution in [0.1, 0.15) is 40.5 Å². The zero-order valence-corrected chi connectivity index (χ0v) is 8.39. The third kappa shape index (κ3) is 17.1. The summed E-state index contributed by atoms with van der Waals surface area (Å²) in [7, 11) is 1.65. The van der Waals surface area contributed by atoms with Gasteiger partial charge in [-0.1, -0.05) is 21.3 Å². The lowest BCUT2D eigenvalue weighted by molar-refractivity contribution is -0.128. The monoisotopic (exact) mass is 206 g/mol. The molecule has 5 nitrogen and oxygen atoms in total. The van der Waals surface area contributed by atoms with Crippen LogP contribution in [-0.2, 0) is 9.59 Å². The molecule has 0 atom stereocenters. The van der Waals surface area contributed by atoms with Crippen molar-refractivity contribution < 1.29 is 14.8 Å². The van der Waals surface area contributed by atoms with Crippen molar-refractivity contribution in [1.82, 2.24) is 10.8 Å². The molecule has 0 aliphatic carbocycles. The molecule has 0 heterocycles. The minimum atomic E-state index is -0.352. The van der Waals surface area contributed by atoms with Crippen LogP contribution in [0.5, 0.6) is 0 Å². The minimum absolute atomic E-state index is 0.